The second-order valence-electron chi connectivity index (χ2n) is 6.81. The van der Waals surface area contributed by atoms with Crippen molar-refractivity contribution in [1.82, 2.24) is 5.32 Å². The highest BCUT2D eigenvalue weighted by atomic mass is 16.2. The van der Waals surface area contributed by atoms with Crippen molar-refractivity contribution in [2.45, 2.75) is 59.4 Å². The molecule has 144 valence electrons. The van der Waals surface area contributed by atoms with Gasteiger partial charge in [-0.15, -0.1) is 0 Å². The lowest BCUT2D eigenvalue weighted by molar-refractivity contribution is -0.125. The van der Waals surface area contributed by atoms with Crippen LogP contribution in [0, 0.1) is 11.8 Å². The third kappa shape index (κ3) is 7.25. The van der Waals surface area contributed by atoms with Crippen molar-refractivity contribution < 1.29 is 9.59 Å². The molecule has 0 aliphatic heterocycles. The molecule has 1 aromatic rings. The summed E-state index contributed by atoms with van der Waals surface area (Å²) in [6.07, 6.45) is 3.90. The van der Waals surface area contributed by atoms with Gasteiger partial charge in [0.25, 0.3) is 0 Å². The normalized spacial score (nSPS) is 14.6. The Morgan fingerprint density at radius 2 is 1.58 bits per heavy atom. The quantitative estimate of drug-likeness (QED) is 0.339. The molecule has 2 atom stereocenters. The van der Waals surface area contributed by atoms with Crippen LogP contribution in [0.15, 0.2) is 29.4 Å². The van der Waals surface area contributed by atoms with Crippen molar-refractivity contribution in [2.24, 2.45) is 22.8 Å². The number of carbonyl (C=O) groups is 2. The molecule has 6 nitrogen and oxygen atoms in total. The Morgan fingerprint density at radius 1 is 1.04 bits per heavy atom. The predicted octanol–water partition coefficient (Wildman–Crippen LogP) is 3.27. The zero-order valence-electron chi connectivity index (χ0n) is 16.3. The summed E-state index contributed by atoms with van der Waals surface area (Å²) >= 11 is 0. The van der Waals surface area contributed by atoms with Gasteiger partial charge >= 0.3 is 0 Å². The third-order valence-electron chi connectivity index (χ3n) is 4.84. The smallest absolute Gasteiger partial charge is 0.224 e. The van der Waals surface area contributed by atoms with E-state index in [4.69, 9.17) is 5.84 Å². The molecule has 0 aliphatic carbocycles. The number of nitrogens with one attached hydrogen (secondary N) is 2. The van der Waals surface area contributed by atoms with Crippen LogP contribution in [-0.4, -0.2) is 24.1 Å². The fourth-order valence-electron chi connectivity index (χ4n) is 2.80. The Kier molecular flexibility index (Phi) is 9.41. The van der Waals surface area contributed by atoms with E-state index in [-0.39, 0.29) is 30.7 Å². The van der Waals surface area contributed by atoms with Crippen molar-refractivity contribution in [3.05, 3.63) is 29.8 Å². The minimum atomic E-state index is -0.177. The second kappa shape index (κ2) is 11.3. The topological polar surface area (TPSA) is 96.6 Å². The zero-order chi connectivity index (χ0) is 19.5. The van der Waals surface area contributed by atoms with Gasteiger partial charge in [-0.25, -0.2) is 0 Å². The first-order valence-corrected chi connectivity index (χ1v) is 9.33. The number of hydrogen-bond acceptors (Lipinski definition) is 4. The summed E-state index contributed by atoms with van der Waals surface area (Å²) in [6.45, 7) is 8.57. The van der Waals surface area contributed by atoms with Crippen LogP contribution in [0.4, 0.5) is 5.69 Å². The maximum atomic E-state index is 12.3. The first-order valence-electron chi connectivity index (χ1n) is 9.33. The number of hydrogen-bond donors (Lipinski definition) is 3. The Bertz CT molecular complexity index is 588. The highest BCUT2D eigenvalue weighted by Crippen LogP contribution is 2.19. The van der Waals surface area contributed by atoms with Crippen LogP contribution in [0.25, 0.3) is 0 Å². The van der Waals surface area contributed by atoms with E-state index in [9.17, 15) is 9.59 Å². The lowest BCUT2D eigenvalue weighted by atomic mass is 9.87. The second-order valence-corrected chi connectivity index (χ2v) is 6.81. The molecule has 0 radical (unpaired) electrons. The van der Waals surface area contributed by atoms with Gasteiger partial charge in [0, 0.05) is 24.6 Å². The number of rotatable bonds is 10. The zero-order valence-corrected chi connectivity index (χ0v) is 16.3. The summed E-state index contributed by atoms with van der Waals surface area (Å²) < 4.78 is 0. The van der Waals surface area contributed by atoms with Gasteiger partial charge in [-0.05, 0) is 29.5 Å². The lowest BCUT2D eigenvalue weighted by Crippen LogP contribution is -2.43. The minimum Gasteiger partial charge on any atom is -0.353 e. The number of nitrogens with two attached hydrogens (primary N) is 1. The summed E-state index contributed by atoms with van der Waals surface area (Å²) in [6, 6.07) is 7.31. The first kappa shape index (κ1) is 21.7. The highest BCUT2D eigenvalue weighted by Gasteiger charge is 2.23. The molecule has 0 aliphatic rings. The van der Waals surface area contributed by atoms with E-state index in [1.165, 1.54) is 6.21 Å². The first-order chi connectivity index (χ1) is 12.4. The molecule has 4 N–H and O–H groups in total. The van der Waals surface area contributed by atoms with Gasteiger partial charge in [0.1, 0.15) is 0 Å². The molecule has 0 aromatic heterocycles. The summed E-state index contributed by atoms with van der Waals surface area (Å²) in [7, 11) is 0. The Balaban J connectivity index is 2.48. The van der Waals surface area contributed by atoms with Crippen LogP contribution in [0.2, 0.25) is 0 Å². The van der Waals surface area contributed by atoms with E-state index in [1.807, 2.05) is 12.1 Å². The van der Waals surface area contributed by atoms with Crippen molar-refractivity contribution in [2.75, 3.05) is 5.32 Å². The molecule has 2 unspecified atom stereocenters. The van der Waals surface area contributed by atoms with Gasteiger partial charge in [-0.3, -0.25) is 9.59 Å². The Labute approximate surface area is 156 Å². The van der Waals surface area contributed by atoms with Crippen LogP contribution in [0.5, 0.6) is 0 Å². The molecular formula is C20H32N4O2. The standard InChI is InChI=1S/C20H32N4O2/c1-5-14(3)20(15(4)6-2)24-19(26)12-11-18(25)23-17-9-7-16(8-10-17)13-22-21/h7-10,13-15,20H,5-6,11-12,21H2,1-4H3,(H,23,25)(H,24,26). The third-order valence-corrected chi connectivity index (χ3v) is 4.84. The molecular weight excluding hydrogens is 328 g/mol. The van der Waals surface area contributed by atoms with Crippen LogP contribution < -0.4 is 16.5 Å². The van der Waals surface area contributed by atoms with Gasteiger partial charge in [-0.1, -0.05) is 52.7 Å². The molecule has 0 saturated heterocycles. The van der Waals surface area contributed by atoms with Crippen molar-refractivity contribution in [1.29, 1.82) is 0 Å². The molecule has 0 heterocycles. The maximum absolute atomic E-state index is 12.3. The van der Waals surface area contributed by atoms with Gasteiger partial charge in [-0.2, -0.15) is 5.10 Å². The van der Waals surface area contributed by atoms with Gasteiger partial charge < -0.3 is 16.5 Å². The summed E-state index contributed by atoms with van der Waals surface area (Å²) in [4.78, 5) is 24.3. The van der Waals surface area contributed by atoms with E-state index < -0.39 is 0 Å². The number of nitrogens with zero attached hydrogens (tertiary/aromatic N) is 1. The SMILES string of the molecule is CCC(C)C(NC(=O)CCC(=O)Nc1ccc(C=NN)cc1)C(C)CC. The van der Waals surface area contributed by atoms with Gasteiger partial charge in [0.15, 0.2) is 0 Å². The summed E-state index contributed by atoms with van der Waals surface area (Å²) in [5.74, 6) is 5.68. The van der Waals surface area contributed by atoms with E-state index in [1.54, 1.807) is 12.1 Å². The Morgan fingerprint density at radius 3 is 2.08 bits per heavy atom. The average molecular weight is 361 g/mol. The van der Waals surface area contributed by atoms with E-state index in [0.717, 1.165) is 18.4 Å². The van der Waals surface area contributed by atoms with E-state index in [0.29, 0.717) is 17.5 Å². The number of benzene rings is 1. The number of carbonyl (C=O) groups excluding carboxylic acids is 2. The number of anilines is 1. The fraction of sp³-hybridized carbons (Fsp3) is 0.550. The molecule has 0 spiro atoms. The molecule has 0 fully saturated rings. The van der Waals surface area contributed by atoms with Crippen molar-refractivity contribution in [3.63, 3.8) is 0 Å². The maximum Gasteiger partial charge on any atom is 0.224 e. The average Bonchev–Trinajstić information content (AvgIpc) is 2.65. The molecule has 26 heavy (non-hydrogen) atoms. The summed E-state index contributed by atoms with van der Waals surface area (Å²) in [5.41, 5.74) is 1.53. The molecule has 1 rings (SSSR count). The Hall–Kier alpha value is -2.37. The molecule has 0 saturated carbocycles. The van der Waals surface area contributed by atoms with Gasteiger partial charge in [0.05, 0.1) is 6.21 Å². The predicted molar refractivity (Wildman–Crippen MR) is 107 cm³/mol. The largest absolute Gasteiger partial charge is 0.353 e. The number of amides is 2. The van der Waals surface area contributed by atoms with Crippen LogP contribution in [0.1, 0.15) is 58.9 Å². The fourth-order valence-corrected chi connectivity index (χ4v) is 2.80. The molecule has 0 bridgehead atoms. The van der Waals surface area contributed by atoms with E-state index >= 15 is 0 Å². The number of hydrazone groups is 1. The van der Waals surface area contributed by atoms with Crippen molar-refractivity contribution in [3.8, 4) is 0 Å². The van der Waals surface area contributed by atoms with Crippen LogP contribution in [0.3, 0.4) is 0 Å². The van der Waals surface area contributed by atoms with Crippen LogP contribution in [-0.2, 0) is 9.59 Å². The van der Waals surface area contributed by atoms with Crippen LogP contribution >= 0.6 is 0 Å². The molecule has 6 heteroatoms. The molecule has 2 amide bonds. The highest BCUT2D eigenvalue weighted by molar-refractivity contribution is 5.93. The monoisotopic (exact) mass is 360 g/mol. The van der Waals surface area contributed by atoms with Gasteiger partial charge in [0.2, 0.25) is 11.8 Å². The lowest BCUT2D eigenvalue weighted by Gasteiger charge is -2.29. The van der Waals surface area contributed by atoms with E-state index in [2.05, 4.69) is 43.4 Å². The molecule has 1 aromatic carbocycles. The summed E-state index contributed by atoms with van der Waals surface area (Å²) in [5, 5.41) is 9.36. The van der Waals surface area contributed by atoms with Crippen molar-refractivity contribution >= 4 is 23.7 Å². The minimum absolute atomic E-state index is 0.0692.